The Morgan fingerprint density at radius 2 is 1.96 bits per heavy atom. The first-order valence-electron chi connectivity index (χ1n) is 9.63. The number of likely N-dealkylation sites (tertiary alicyclic amines) is 1. The van der Waals surface area contributed by atoms with Gasteiger partial charge in [-0.25, -0.2) is 0 Å². The molecule has 5 aliphatic carbocycles. The minimum atomic E-state index is -0.567. The zero-order valence-electron chi connectivity index (χ0n) is 13.9. The third kappa shape index (κ3) is 1.26. The molecular formula is C19H25N3O2. The lowest BCUT2D eigenvalue weighted by Gasteiger charge is -2.65. The van der Waals surface area contributed by atoms with Gasteiger partial charge in [0.2, 0.25) is 5.91 Å². The van der Waals surface area contributed by atoms with E-state index < -0.39 is 11.6 Å². The fraction of sp³-hybridized carbons (Fsp3) is 0.895. The van der Waals surface area contributed by atoms with Crippen molar-refractivity contribution >= 4 is 5.91 Å². The number of rotatable bonds is 2. The van der Waals surface area contributed by atoms with Crippen LogP contribution in [0.5, 0.6) is 0 Å². The van der Waals surface area contributed by atoms with Gasteiger partial charge in [0.1, 0.15) is 6.04 Å². The van der Waals surface area contributed by atoms with Crippen LogP contribution < -0.4 is 5.73 Å². The van der Waals surface area contributed by atoms with Crippen LogP contribution in [-0.4, -0.2) is 39.6 Å². The van der Waals surface area contributed by atoms with Crippen LogP contribution in [0, 0.1) is 39.9 Å². The van der Waals surface area contributed by atoms with Crippen molar-refractivity contribution in [2.24, 2.45) is 34.3 Å². The summed E-state index contributed by atoms with van der Waals surface area (Å²) in [6, 6.07) is 1.76. The van der Waals surface area contributed by atoms with Crippen molar-refractivity contribution in [2.45, 2.75) is 75.1 Å². The summed E-state index contributed by atoms with van der Waals surface area (Å²) >= 11 is 0. The van der Waals surface area contributed by atoms with Gasteiger partial charge in [-0.1, -0.05) is 0 Å². The number of carbonyl (C=O) groups excluding carboxylic acids is 1. The Morgan fingerprint density at radius 1 is 1.21 bits per heavy atom. The largest absolute Gasteiger partial charge is 0.389 e. The number of hydrogen-bond acceptors (Lipinski definition) is 4. The smallest absolute Gasteiger partial charge is 0.241 e. The quantitative estimate of drug-likeness (QED) is 0.796. The van der Waals surface area contributed by atoms with Gasteiger partial charge in [0.25, 0.3) is 0 Å². The summed E-state index contributed by atoms with van der Waals surface area (Å²) in [5.74, 6) is 1.79. The van der Waals surface area contributed by atoms with E-state index in [9.17, 15) is 15.2 Å². The second kappa shape index (κ2) is 3.83. The maximum atomic E-state index is 13.3. The highest BCUT2D eigenvalue weighted by Crippen LogP contribution is 2.83. The molecule has 6 unspecified atom stereocenters. The zero-order valence-corrected chi connectivity index (χ0v) is 13.9. The molecule has 1 aliphatic heterocycles. The predicted octanol–water partition coefficient (Wildman–Crippen LogP) is 1.16. The summed E-state index contributed by atoms with van der Waals surface area (Å²) in [4.78, 5) is 15.1. The molecule has 0 aromatic rings. The van der Waals surface area contributed by atoms with Gasteiger partial charge >= 0.3 is 0 Å². The van der Waals surface area contributed by atoms with E-state index in [0.717, 1.165) is 38.5 Å². The van der Waals surface area contributed by atoms with Gasteiger partial charge in [0.15, 0.2) is 0 Å². The standard InChI is InChI=1S/C19H25N3O2/c20-8-13-2-12-3-14(12)22(13)16(23)15(21)17-4-10-1-11-6-18(17,5-10)19(24,7-11)9-17/h10-15,24H,1-7,9,21H2/t10?,11?,12-,13?,14+,15-,17?,18?,19?/m1/s1. The molecule has 0 aromatic heterocycles. The van der Waals surface area contributed by atoms with Gasteiger partial charge in [-0.3, -0.25) is 4.79 Å². The van der Waals surface area contributed by atoms with Crippen LogP contribution in [0.2, 0.25) is 0 Å². The maximum absolute atomic E-state index is 13.3. The van der Waals surface area contributed by atoms with E-state index in [1.165, 1.54) is 6.42 Å². The third-order valence-corrected chi connectivity index (χ3v) is 9.04. The third-order valence-electron chi connectivity index (χ3n) is 9.04. The van der Waals surface area contributed by atoms with E-state index >= 15 is 0 Å². The van der Waals surface area contributed by atoms with Gasteiger partial charge in [0, 0.05) is 16.9 Å². The monoisotopic (exact) mass is 327 g/mol. The van der Waals surface area contributed by atoms with Crippen molar-refractivity contribution in [2.75, 3.05) is 0 Å². The lowest BCUT2D eigenvalue weighted by molar-refractivity contribution is -0.241. The summed E-state index contributed by atoms with van der Waals surface area (Å²) in [5.41, 5.74) is 5.78. The molecule has 1 heterocycles. The Labute approximate surface area is 142 Å². The van der Waals surface area contributed by atoms with Crippen molar-refractivity contribution in [1.29, 1.82) is 5.26 Å². The van der Waals surface area contributed by atoms with Gasteiger partial charge < -0.3 is 15.7 Å². The highest BCUT2D eigenvalue weighted by molar-refractivity contribution is 5.85. The number of nitrogens with zero attached hydrogens (tertiary/aromatic N) is 2. The minimum Gasteiger partial charge on any atom is -0.389 e. The molecule has 1 spiro atoms. The number of nitrogens with two attached hydrogens (primary N) is 1. The fourth-order valence-electron chi connectivity index (χ4n) is 8.37. The second-order valence-corrected chi connectivity index (χ2v) is 9.90. The molecule has 0 aromatic carbocycles. The van der Waals surface area contributed by atoms with E-state index in [1.807, 2.05) is 4.90 Å². The summed E-state index contributed by atoms with van der Waals surface area (Å²) < 4.78 is 0. The highest BCUT2D eigenvalue weighted by Gasteiger charge is 2.83. The molecule has 128 valence electrons. The Balaban J connectivity index is 1.36. The first kappa shape index (κ1) is 14.1. The van der Waals surface area contributed by atoms with Crippen LogP contribution in [0.1, 0.15) is 51.4 Å². The lowest BCUT2D eigenvalue weighted by Crippen LogP contribution is -2.73. The number of amides is 1. The van der Waals surface area contributed by atoms with Gasteiger partial charge in [0.05, 0.1) is 17.7 Å². The summed E-state index contributed by atoms with van der Waals surface area (Å²) in [6.07, 6.45) is 7.85. The minimum absolute atomic E-state index is 0.000949. The van der Waals surface area contributed by atoms with Crippen molar-refractivity contribution in [3.63, 3.8) is 0 Å². The van der Waals surface area contributed by atoms with E-state index in [1.54, 1.807) is 0 Å². The van der Waals surface area contributed by atoms with E-state index in [4.69, 9.17) is 5.73 Å². The van der Waals surface area contributed by atoms with Crippen LogP contribution in [0.25, 0.3) is 0 Å². The van der Waals surface area contributed by atoms with Crippen LogP contribution in [0.3, 0.4) is 0 Å². The summed E-state index contributed by atoms with van der Waals surface area (Å²) in [6.45, 7) is 0. The van der Waals surface area contributed by atoms with Gasteiger partial charge in [-0.15, -0.1) is 0 Å². The molecule has 3 N–H and O–H groups in total. The van der Waals surface area contributed by atoms with Crippen LogP contribution in [0.4, 0.5) is 0 Å². The van der Waals surface area contributed by atoms with Crippen molar-refractivity contribution in [3.8, 4) is 6.07 Å². The molecule has 5 heteroatoms. The molecule has 5 nitrogen and oxygen atoms in total. The molecule has 24 heavy (non-hydrogen) atoms. The van der Waals surface area contributed by atoms with Crippen LogP contribution in [-0.2, 0) is 4.79 Å². The van der Waals surface area contributed by atoms with Crippen LogP contribution in [0.15, 0.2) is 0 Å². The lowest BCUT2D eigenvalue weighted by atomic mass is 9.41. The fourth-order valence-corrected chi connectivity index (χ4v) is 8.37. The zero-order chi connectivity index (χ0) is 16.5. The topological polar surface area (TPSA) is 90.4 Å². The number of carbonyl (C=O) groups is 1. The normalized spacial score (nSPS) is 59.5. The van der Waals surface area contributed by atoms with E-state index in [2.05, 4.69) is 6.07 Å². The van der Waals surface area contributed by atoms with Crippen LogP contribution >= 0.6 is 0 Å². The molecule has 1 saturated heterocycles. The molecular weight excluding hydrogens is 302 g/mol. The molecule has 0 radical (unpaired) electrons. The highest BCUT2D eigenvalue weighted by atomic mass is 16.3. The molecule has 6 rings (SSSR count). The molecule has 3 bridgehead atoms. The SMILES string of the molecule is N#CC1C[C@@H]2C[C@@H]2N1C(=O)[C@@H](N)C12CC3CC4CC(O)(C1)C2(C4)C3. The maximum Gasteiger partial charge on any atom is 0.241 e. The summed E-state index contributed by atoms with van der Waals surface area (Å²) in [5, 5.41) is 20.6. The number of piperidine rings is 1. The predicted molar refractivity (Wildman–Crippen MR) is 85.2 cm³/mol. The number of nitriles is 1. The first-order valence-corrected chi connectivity index (χ1v) is 9.63. The van der Waals surface area contributed by atoms with Crippen molar-refractivity contribution in [1.82, 2.24) is 4.90 Å². The number of aliphatic hydroxyl groups is 1. The Hall–Kier alpha value is -1.12. The average Bonchev–Trinajstić information content (AvgIpc) is 3.11. The molecule has 1 amide bonds. The number of hydrogen-bond donors (Lipinski definition) is 2. The molecule has 6 fully saturated rings. The van der Waals surface area contributed by atoms with Gasteiger partial charge in [-0.05, 0) is 69.1 Å². The molecule has 5 saturated carbocycles. The summed E-state index contributed by atoms with van der Waals surface area (Å²) in [7, 11) is 0. The second-order valence-electron chi connectivity index (χ2n) is 9.90. The Kier molecular flexibility index (Phi) is 2.25. The number of fused-ring (bicyclic) bond motifs is 3. The van der Waals surface area contributed by atoms with E-state index in [-0.39, 0.29) is 28.8 Å². The average molecular weight is 327 g/mol. The van der Waals surface area contributed by atoms with Crippen molar-refractivity contribution < 1.29 is 9.90 Å². The first-order chi connectivity index (χ1) is 11.4. The van der Waals surface area contributed by atoms with Gasteiger partial charge in [-0.2, -0.15) is 5.26 Å². The Bertz CT molecular complexity index is 699. The van der Waals surface area contributed by atoms with E-state index in [0.29, 0.717) is 24.2 Å². The molecule has 9 atom stereocenters. The Morgan fingerprint density at radius 3 is 2.71 bits per heavy atom. The molecule has 6 aliphatic rings. The van der Waals surface area contributed by atoms with Crippen molar-refractivity contribution in [3.05, 3.63) is 0 Å².